The van der Waals surface area contributed by atoms with Gasteiger partial charge < -0.3 is 9.80 Å². The van der Waals surface area contributed by atoms with Crippen LogP contribution in [0, 0.1) is 5.92 Å². The summed E-state index contributed by atoms with van der Waals surface area (Å²) in [6, 6.07) is 4.33. The van der Waals surface area contributed by atoms with Gasteiger partial charge in [-0.2, -0.15) is 24.5 Å². The number of fused-ring (bicyclic) bond motifs is 1. The third kappa shape index (κ3) is 3.51. The molecule has 9 heteroatoms. The van der Waals surface area contributed by atoms with E-state index in [-0.39, 0.29) is 11.8 Å². The van der Waals surface area contributed by atoms with Crippen LogP contribution in [-0.2, 0) is 11.0 Å². The largest absolute Gasteiger partial charge is 0.433 e. The molecule has 2 fully saturated rings. The molecule has 1 saturated carbocycles. The number of piperazine rings is 1. The summed E-state index contributed by atoms with van der Waals surface area (Å²) in [5, 5.41) is 4.34. The smallest absolute Gasteiger partial charge is 0.353 e. The number of anilines is 1. The lowest BCUT2D eigenvalue weighted by molar-refractivity contribution is -0.141. The van der Waals surface area contributed by atoms with Gasteiger partial charge in [0.2, 0.25) is 5.91 Å². The van der Waals surface area contributed by atoms with Gasteiger partial charge >= 0.3 is 6.18 Å². The van der Waals surface area contributed by atoms with Crippen LogP contribution in [0.25, 0.3) is 22.0 Å². The minimum absolute atomic E-state index is 0.186. The van der Waals surface area contributed by atoms with Gasteiger partial charge in [0.25, 0.3) is 0 Å². The Morgan fingerprint density at radius 2 is 1.87 bits per heavy atom. The molecule has 0 atom stereocenters. The highest BCUT2D eigenvalue weighted by molar-refractivity contribution is 7.08. The number of carbonyl (C=O) groups is 1. The third-order valence-corrected chi connectivity index (χ3v) is 6.33. The molecule has 0 spiro atoms. The Hall–Kier alpha value is -2.68. The Morgan fingerprint density at radius 3 is 2.50 bits per heavy atom. The highest BCUT2D eigenvalue weighted by Crippen LogP contribution is 2.37. The van der Waals surface area contributed by atoms with E-state index in [4.69, 9.17) is 0 Å². The SMILES string of the molecule is O=C(C1CC1)N1CCN(c2ncc(-c3ccsc3)c3nc(C(F)(F)F)ccc23)CC1. The zero-order valence-corrected chi connectivity index (χ0v) is 16.8. The van der Waals surface area contributed by atoms with E-state index in [0.717, 1.165) is 24.5 Å². The molecule has 1 saturated heterocycles. The second kappa shape index (κ2) is 7.23. The zero-order chi connectivity index (χ0) is 20.9. The van der Waals surface area contributed by atoms with E-state index < -0.39 is 11.9 Å². The Balaban J connectivity index is 1.52. The fourth-order valence-corrected chi connectivity index (χ4v) is 4.52. The molecule has 5 nitrogen and oxygen atoms in total. The Bertz CT molecular complexity index is 1090. The maximum Gasteiger partial charge on any atom is 0.433 e. The lowest BCUT2D eigenvalue weighted by Crippen LogP contribution is -2.49. The fraction of sp³-hybridized carbons (Fsp3) is 0.381. The van der Waals surface area contributed by atoms with Crippen molar-refractivity contribution in [3.8, 4) is 11.1 Å². The van der Waals surface area contributed by atoms with Gasteiger partial charge in [0.05, 0.1) is 5.52 Å². The summed E-state index contributed by atoms with van der Waals surface area (Å²) in [5.74, 6) is 1.02. The molecular formula is C21H19F3N4OS. The maximum atomic E-state index is 13.3. The van der Waals surface area contributed by atoms with Crippen molar-refractivity contribution in [3.05, 3.63) is 40.8 Å². The number of hydrogen-bond acceptors (Lipinski definition) is 5. The van der Waals surface area contributed by atoms with Crippen LogP contribution in [0.4, 0.5) is 19.0 Å². The van der Waals surface area contributed by atoms with Crippen LogP contribution < -0.4 is 4.90 Å². The number of alkyl halides is 3. The molecule has 3 aromatic rings. The number of nitrogens with zero attached hydrogens (tertiary/aromatic N) is 4. The van der Waals surface area contributed by atoms with Crippen molar-refractivity contribution in [1.82, 2.24) is 14.9 Å². The summed E-state index contributed by atoms with van der Waals surface area (Å²) >= 11 is 1.47. The minimum atomic E-state index is -4.52. The zero-order valence-electron chi connectivity index (χ0n) is 16.0. The van der Waals surface area contributed by atoms with Gasteiger partial charge in [0.1, 0.15) is 11.5 Å². The van der Waals surface area contributed by atoms with Crippen molar-refractivity contribution in [1.29, 1.82) is 0 Å². The summed E-state index contributed by atoms with van der Waals surface area (Å²) in [6.45, 7) is 2.39. The normalized spacial score (nSPS) is 17.6. The highest BCUT2D eigenvalue weighted by Gasteiger charge is 2.35. The summed E-state index contributed by atoms with van der Waals surface area (Å²) in [5.41, 5.74) is 0.771. The predicted molar refractivity (Wildman–Crippen MR) is 109 cm³/mol. The van der Waals surface area contributed by atoms with Crippen LogP contribution in [-0.4, -0.2) is 47.0 Å². The van der Waals surface area contributed by atoms with Gasteiger partial charge in [-0.1, -0.05) is 0 Å². The molecule has 0 radical (unpaired) electrons. The molecule has 0 N–H and O–H groups in total. The Labute approximate surface area is 175 Å². The average Bonchev–Trinajstić information content (AvgIpc) is 3.46. The second-order valence-electron chi connectivity index (χ2n) is 7.68. The monoisotopic (exact) mass is 432 g/mol. The van der Waals surface area contributed by atoms with Crippen LogP contribution >= 0.6 is 11.3 Å². The van der Waals surface area contributed by atoms with Crippen molar-refractivity contribution >= 4 is 34.0 Å². The molecular weight excluding hydrogens is 413 g/mol. The molecule has 1 aliphatic carbocycles. The molecule has 5 rings (SSSR count). The average molecular weight is 432 g/mol. The summed E-state index contributed by atoms with van der Waals surface area (Å²) in [7, 11) is 0. The number of aromatic nitrogens is 2. The lowest BCUT2D eigenvalue weighted by Gasteiger charge is -2.36. The second-order valence-corrected chi connectivity index (χ2v) is 8.46. The molecule has 156 valence electrons. The molecule has 2 aliphatic rings. The van der Waals surface area contributed by atoms with Crippen LogP contribution in [0.5, 0.6) is 0 Å². The molecule has 0 unspecified atom stereocenters. The molecule has 3 aromatic heterocycles. The van der Waals surface area contributed by atoms with E-state index in [2.05, 4.69) is 9.97 Å². The fourth-order valence-electron chi connectivity index (χ4n) is 3.87. The standard InChI is InChI=1S/C21H19F3N4OS/c22-21(23,24)17-4-3-15-18(26-17)16(14-5-10-30-12-14)11-25-19(15)27-6-8-28(9-7-27)20(29)13-1-2-13/h3-5,10-13H,1-2,6-9H2. The number of halogens is 3. The van der Waals surface area contributed by atoms with Gasteiger partial charge in [-0.05, 0) is 47.4 Å². The van der Waals surface area contributed by atoms with Crippen LogP contribution in [0.3, 0.4) is 0 Å². The molecule has 4 heterocycles. The molecule has 0 bridgehead atoms. The number of thiophene rings is 1. The summed E-state index contributed by atoms with van der Waals surface area (Å²) < 4.78 is 39.9. The first kappa shape index (κ1) is 19.3. The topological polar surface area (TPSA) is 49.3 Å². The Morgan fingerprint density at radius 1 is 1.10 bits per heavy atom. The summed E-state index contributed by atoms with van der Waals surface area (Å²) in [4.78, 5) is 24.8. The van der Waals surface area contributed by atoms with Crippen molar-refractivity contribution in [2.75, 3.05) is 31.1 Å². The van der Waals surface area contributed by atoms with Crippen LogP contribution in [0.15, 0.2) is 35.2 Å². The number of pyridine rings is 2. The van der Waals surface area contributed by atoms with Crippen molar-refractivity contribution in [3.63, 3.8) is 0 Å². The lowest BCUT2D eigenvalue weighted by atomic mass is 10.1. The van der Waals surface area contributed by atoms with Gasteiger partial charge in [0.15, 0.2) is 0 Å². The summed E-state index contributed by atoms with van der Waals surface area (Å²) in [6.07, 6.45) is -0.960. The van der Waals surface area contributed by atoms with Gasteiger partial charge in [-0.3, -0.25) is 4.79 Å². The number of hydrogen-bond donors (Lipinski definition) is 0. The number of carbonyl (C=O) groups excluding carboxylic acids is 1. The first-order valence-corrected chi connectivity index (χ1v) is 10.8. The predicted octanol–water partition coefficient (Wildman–Crippen LogP) is 4.44. The molecule has 0 aromatic carbocycles. The van der Waals surface area contributed by atoms with E-state index >= 15 is 0 Å². The van der Waals surface area contributed by atoms with Gasteiger partial charge in [0, 0.05) is 49.2 Å². The van der Waals surface area contributed by atoms with E-state index in [1.807, 2.05) is 26.6 Å². The van der Waals surface area contributed by atoms with Crippen molar-refractivity contribution in [2.45, 2.75) is 19.0 Å². The minimum Gasteiger partial charge on any atom is -0.353 e. The number of rotatable bonds is 3. The van der Waals surface area contributed by atoms with Crippen LogP contribution in [0.1, 0.15) is 18.5 Å². The molecule has 1 amide bonds. The molecule has 1 aliphatic heterocycles. The van der Waals surface area contributed by atoms with E-state index in [1.165, 1.54) is 17.4 Å². The first-order valence-electron chi connectivity index (χ1n) is 9.85. The van der Waals surface area contributed by atoms with Gasteiger partial charge in [-0.25, -0.2) is 9.97 Å². The van der Waals surface area contributed by atoms with E-state index in [1.54, 1.807) is 6.20 Å². The third-order valence-electron chi connectivity index (χ3n) is 5.65. The van der Waals surface area contributed by atoms with E-state index in [9.17, 15) is 18.0 Å². The molecule has 30 heavy (non-hydrogen) atoms. The maximum absolute atomic E-state index is 13.3. The Kier molecular flexibility index (Phi) is 4.65. The first-order chi connectivity index (χ1) is 14.4. The van der Waals surface area contributed by atoms with E-state index in [0.29, 0.717) is 48.5 Å². The number of amides is 1. The van der Waals surface area contributed by atoms with Gasteiger partial charge in [-0.15, -0.1) is 0 Å². The van der Waals surface area contributed by atoms with Crippen molar-refractivity contribution in [2.24, 2.45) is 5.92 Å². The highest BCUT2D eigenvalue weighted by atomic mass is 32.1. The van der Waals surface area contributed by atoms with Crippen molar-refractivity contribution < 1.29 is 18.0 Å². The van der Waals surface area contributed by atoms with Crippen LogP contribution in [0.2, 0.25) is 0 Å². The quantitative estimate of drug-likeness (QED) is 0.614.